The molecular formula is C13H17N3O4. The molecule has 0 spiro atoms. The lowest BCUT2D eigenvalue weighted by Gasteiger charge is -2.28. The van der Waals surface area contributed by atoms with E-state index in [4.69, 9.17) is 4.74 Å². The highest BCUT2D eigenvalue weighted by molar-refractivity contribution is 5.97. The fourth-order valence-electron chi connectivity index (χ4n) is 2.24. The van der Waals surface area contributed by atoms with E-state index in [9.17, 15) is 14.7 Å². The average molecular weight is 279 g/mol. The molecule has 0 bridgehead atoms. The van der Waals surface area contributed by atoms with Gasteiger partial charge in [-0.2, -0.15) is 0 Å². The molecule has 2 atom stereocenters. The lowest BCUT2D eigenvalue weighted by atomic mass is 9.93. The van der Waals surface area contributed by atoms with Crippen molar-refractivity contribution in [3.05, 3.63) is 23.8 Å². The minimum absolute atomic E-state index is 0.213. The predicted octanol–water partition coefficient (Wildman–Crippen LogP) is 0.395. The second kappa shape index (κ2) is 6.42. The highest BCUT2D eigenvalue weighted by Gasteiger charge is 2.31. The van der Waals surface area contributed by atoms with Gasteiger partial charge in [0.15, 0.2) is 0 Å². The molecule has 1 aliphatic rings. The maximum absolute atomic E-state index is 12.1. The lowest BCUT2D eigenvalue weighted by Crippen LogP contribution is -2.48. The van der Waals surface area contributed by atoms with E-state index in [0.717, 1.165) is 12.8 Å². The number of nitrogens with one attached hydrogen (secondary N) is 1. The maximum Gasteiger partial charge on any atom is 0.326 e. The van der Waals surface area contributed by atoms with Crippen LogP contribution in [0.3, 0.4) is 0 Å². The molecule has 0 aromatic carbocycles. The van der Waals surface area contributed by atoms with Gasteiger partial charge in [0.2, 0.25) is 0 Å². The third-order valence-electron chi connectivity index (χ3n) is 3.38. The van der Waals surface area contributed by atoms with E-state index in [0.29, 0.717) is 18.9 Å². The molecule has 0 aliphatic carbocycles. The van der Waals surface area contributed by atoms with Crippen molar-refractivity contribution < 1.29 is 19.4 Å². The minimum atomic E-state index is -1.05. The van der Waals surface area contributed by atoms with Gasteiger partial charge in [0.25, 0.3) is 5.91 Å². The van der Waals surface area contributed by atoms with Crippen LogP contribution in [0.2, 0.25) is 0 Å². The van der Waals surface area contributed by atoms with Crippen molar-refractivity contribution >= 4 is 11.9 Å². The van der Waals surface area contributed by atoms with Gasteiger partial charge in [0.1, 0.15) is 12.4 Å². The number of ether oxygens (including phenoxy) is 1. The van der Waals surface area contributed by atoms with Gasteiger partial charge in [-0.05, 0) is 19.8 Å². The average Bonchev–Trinajstić information content (AvgIpc) is 2.45. The number of aryl methyl sites for hydroxylation is 1. The van der Waals surface area contributed by atoms with Gasteiger partial charge in [0.05, 0.1) is 17.9 Å². The van der Waals surface area contributed by atoms with Gasteiger partial charge >= 0.3 is 5.97 Å². The van der Waals surface area contributed by atoms with Crippen LogP contribution in [0.15, 0.2) is 12.5 Å². The Kier molecular flexibility index (Phi) is 4.62. The van der Waals surface area contributed by atoms with Crippen LogP contribution in [-0.4, -0.2) is 46.2 Å². The molecule has 7 heteroatoms. The summed E-state index contributed by atoms with van der Waals surface area (Å²) in [5.74, 6) is -1.74. The lowest BCUT2D eigenvalue weighted by molar-refractivity contribution is -0.142. The molecule has 20 heavy (non-hydrogen) atoms. The number of carboxylic acid groups (broad SMARTS) is 1. The smallest absolute Gasteiger partial charge is 0.326 e. The number of aromatic nitrogens is 2. The molecule has 7 nitrogen and oxygen atoms in total. The fourth-order valence-corrected chi connectivity index (χ4v) is 2.24. The quantitative estimate of drug-likeness (QED) is 0.827. The monoisotopic (exact) mass is 279 g/mol. The number of carbonyl (C=O) groups is 2. The van der Waals surface area contributed by atoms with Crippen molar-refractivity contribution in [2.75, 3.05) is 13.2 Å². The van der Waals surface area contributed by atoms with E-state index in [1.165, 1.54) is 12.5 Å². The molecule has 2 heterocycles. The first kappa shape index (κ1) is 14.4. The minimum Gasteiger partial charge on any atom is -0.480 e. The van der Waals surface area contributed by atoms with Crippen molar-refractivity contribution in [1.29, 1.82) is 0 Å². The predicted molar refractivity (Wildman–Crippen MR) is 69.2 cm³/mol. The van der Waals surface area contributed by atoms with Gasteiger partial charge in [-0.3, -0.25) is 4.79 Å². The van der Waals surface area contributed by atoms with E-state index in [1.807, 2.05) is 0 Å². The molecule has 2 N–H and O–H groups in total. The first-order chi connectivity index (χ1) is 9.59. The van der Waals surface area contributed by atoms with Crippen molar-refractivity contribution in [2.45, 2.75) is 25.8 Å². The summed E-state index contributed by atoms with van der Waals surface area (Å²) in [6.07, 6.45) is 4.25. The van der Waals surface area contributed by atoms with Gasteiger partial charge in [-0.1, -0.05) is 0 Å². The summed E-state index contributed by atoms with van der Waals surface area (Å²) in [6.45, 7) is 2.67. The zero-order valence-electron chi connectivity index (χ0n) is 11.2. The van der Waals surface area contributed by atoms with Crippen LogP contribution in [0.5, 0.6) is 0 Å². The normalized spacial score (nSPS) is 20.1. The molecule has 108 valence electrons. The number of hydrogen-bond donors (Lipinski definition) is 2. The largest absolute Gasteiger partial charge is 0.480 e. The zero-order chi connectivity index (χ0) is 14.5. The fraction of sp³-hybridized carbons (Fsp3) is 0.538. The number of hydrogen-bond acceptors (Lipinski definition) is 5. The number of carbonyl (C=O) groups excluding carboxylic acids is 1. The van der Waals surface area contributed by atoms with E-state index < -0.39 is 17.9 Å². The number of nitrogens with zero attached hydrogens (tertiary/aromatic N) is 2. The van der Waals surface area contributed by atoms with Crippen LogP contribution >= 0.6 is 0 Å². The summed E-state index contributed by atoms with van der Waals surface area (Å²) in [5, 5.41) is 11.8. The van der Waals surface area contributed by atoms with E-state index >= 15 is 0 Å². The topological polar surface area (TPSA) is 101 Å². The number of rotatable bonds is 4. The molecule has 0 radical (unpaired) electrons. The Hall–Kier alpha value is -2.02. The highest BCUT2D eigenvalue weighted by atomic mass is 16.5. The molecule has 1 aromatic heterocycles. The number of aliphatic carboxylic acids is 1. The van der Waals surface area contributed by atoms with Crippen molar-refractivity contribution in [3.63, 3.8) is 0 Å². The maximum atomic E-state index is 12.1. The summed E-state index contributed by atoms with van der Waals surface area (Å²) in [7, 11) is 0. The molecule has 2 unspecified atom stereocenters. The molecule has 1 saturated heterocycles. The van der Waals surface area contributed by atoms with Crippen molar-refractivity contribution in [3.8, 4) is 0 Å². The Morgan fingerprint density at radius 2 is 2.35 bits per heavy atom. The number of carboxylic acids is 1. The zero-order valence-corrected chi connectivity index (χ0v) is 11.2. The third-order valence-corrected chi connectivity index (χ3v) is 3.38. The standard InChI is InChI=1S/C13H17N3O4/c1-8-10(5-14-7-15-8)12(17)16-11(13(18)19)9-3-2-4-20-6-9/h5,7,9,11H,2-4,6H2,1H3,(H,16,17)(H,18,19). The molecular weight excluding hydrogens is 262 g/mol. The molecule has 1 fully saturated rings. The van der Waals surface area contributed by atoms with Crippen molar-refractivity contribution in [1.82, 2.24) is 15.3 Å². The number of amides is 1. The van der Waals surface area contributed by atoms with Gasteiger partial charge in [-0.25, -0.2) is 14.8 Å². The summed E-state index contributed by atoms with van der Waals surface area (Å²) >= 11 is 0. The SMILES string of the molecule is Cc1ncncc1C(=O)NC(C(=O)O)C1CCCOC1. The van der Waals surface area contributed by atoms with Crippen LogP contribution in [0.25, 0.3) is 0 Å². The molecule has 1 aliphatic heterocycles. The van der Waals surface area contributed by atoms with Crippen LogP contribution in [0, 0.1) is 12.8 Å². The van der Waals surface area contributed by atoms with Gasteiger partial charge in [-0.15, -0.1) is 0 Å². The summed E-state index contributed by atoms with van der Waals surface area (Å²) < 4.78 is 5.28. The van der Waals surface area contributed by atoms with Crippen LogP contribution in [-0.2, 0) is 9.53 Å². The van der Waals surface area contributed by atoms with Gasteiger partial charge in [0, 0.05) is 18.7 Å². The van der Waals surface area contributed by atoms with Crippen LogP contribution in [0.1, 0.15) is 28.9 Å². The first-order valence-corrected chi connectivity index (χ1v) is 6.47. The Bertz CT molecular complexity index is 500. The second-order valence-electron chi connectivity index (χ2n) is 4.79. The van der Waals surface area contributed by atoms with Gasteiger partial charge < -0.3 is 15.2 Å². The highest BCUT2D eigenvalue weighted by Crippen LogP contribution is 2.18. The summed E-state index contributed by atoms with van der Waals surface area (Å²) in [5.41, 5.74) is 0.803. The first-order valence-electron chi connectivity index (χ1n) is 6.47. The Labute approximate surface area is 116 Å². The summed E-state index contributed by atoms with van der Waals surface area (Å²) in [4.78, 5) is 31.2. The molecule has 2 rings (SSSR count). The third kappa shape index (κ3) is 3.30. The van der Waals surface area contributed by atoms with Crippen LogP contribution < -0.4 is 5.32 Å². The Morgan fingerprint density at radius 1 is 1.55 bits per heavy atom. The van der Waals surface area contributed by atoms with Crippen LogP contribution in [0.4, 0.5) is 0 Å². The van der Waals surface area contributed by atoms with E-state index in [1.54, 1.807) is 6.92 Å². The van der Waals surface area contributed by atoms with E-state index in [-0.39, 0.29) is 11.5 Å². The Morgan fingerprint density at radius 3 is 2.95 bits per heavy atom. The molecule has 0 saturated carbocycles. The molecule has 1 amide bonds. The molecule has 1 aromatic rings. The van der Waals surface area contributed by atoms with E-state index in [2.05, 4.69) is 15.3 Å². The Balaban J connectivity index is 2.10. The summed E-state index contributed by atoms with van der Waals surface area (Å²) in [6, 6.07) is -0.956. The van der Waals surface area contributed by atoms with Crippen molar-refractivity contribution in [2.24, 2.45) is 5.92 Å². The second-order valence-corrected chi connectivity index (χ2v) is 4.79.